The number of nitrogens with zero attached hydrogens (tertiary/aromatic N) is 1. The summed E-state index contributed by atoms with van der Waals surface area (Å²) in [7, 11) is 1.58. The average molecular weight is 389 g/mol. The summed E-state index contributed by atoms with van der Waals surface area (Å²) < 4.78 is 5.28. The molecule has 0 saturated heterocycles. The number of benzene rings is 2. The summed E-state index contributed by atoms with van der Waals surface area (Å²) in [6, 6.07) is 20.2. The Labute approximate surface area is 169 Å². The molecule has 0 bridgehead atoms. The number of aryl methyl sites for hydroxylation is 1. The van der Waals surface area contributed by atoms with E-state index >= 15 is 0 Å². The van der Waals surface area contributed by atoms with Gasteiger partial charge in [-0.2, -0.15) is 0 Å². The molecule has 0 fully saturated rings. The molecule has 0 aliphatic heterocycles. The molecule has 0 aliphatic rings. The van der Waals surface area contributed by atoms with Crippen LogP contribution in [0.1, 0.15) is 37.7 Å². The van der Waals surface area contributed by atoms with E-state index in [4.69, 9.17) is 4.74 Å². The number of amides is 2. The molecule has 6 heteroatoms. The topological polar surface area (TPSA) is 80.3 Å². The maximum Gasteiger partial charge on any atom is 0.270 e. The average Bonchev–Trinajstić information content (AvgIpc) is 2.76. The molecule has 3 rings (SSSR count). The number of carbonyl (C=O) groups excluding carboxylic acids is 2. The number of para-hydroxylation sites is 1. The largest absolute Gasteiger partial charge is 0.496 e. The fourth-order valence-electron chi connectivity index (χ4n) is 2.90. The third-order valence-corrected chi connectivity index (χ3v) is 4.38. The Morgan fingerprint density at radius 3 is 2.21 bits per heavy atom. The molecule has 0 radical (unpaired) electrons. The molecule has 1 aromatic heterocycles. The minimum absolute atomic E-state index is 0.183. The van der Waals surface area contributed by atoms with Gasteiger partial charge in [-0.1, -0.05) is 54.1 Å². The lowest BCUT2D eigenvalue weighted by molar-refractivity contribution is 0.0941. The second kappa shape index (κ2) is 9.50. The number of hydrogen-bond donors (Lipinski definition) is 2. The fraction of sp³-hybridized carbons (Fsp3) is 0.174. The molecule has 0 unspecified atom stereocenters. The van der Waals surface area contributed by atoms with Crippen LogP contribution in [0.4, 0.5) is 0 Å². The van der Waals surface area contributed by atoms with Gasteiger partial charge in [0.1, 0.15) is 17.1 Å². The number of ether oxygens (including phenoxy) is 1. The normalized spacial score (nSPS) is 10.3. The maximum absolute atomic E-state index is 12.5. The van der Waals surface area contributed by atoms with Gasteiger partial charge in [0, 0.05) is 18.7 Å². The highest BCUT2D eigenvalue weighted by atomic mass is 16.5. The predicted octanol–water partition coefficient (Wildman–Crippen LogP) is 3.26. The van der Waals surface area contributed by atoms with Crippen molar-refractivity contribution in [3.05, 3.63) is 94.8 Å². The Hall–Kier alpha value is -3.67. The van der Waals surface area contributed by atoms with E-state index in [0.717, 1.165) is 16.7 Å². The molecule has 2 aromatic carbocycles. The van der Waals surface area contributed by atoms with E-state index in [2.05, 4.69) is 15.6 Å². The van der Waals surface area contributed by atoms with Crippen LogP contribution in [0, 0.1) is 6.92 Å². The van der Waals surface area contributed by atoms with Crippen LogP contribution in [-0.2, 0) is 13.1 Å². The smallest absolute Gasteiger partial charge is 0.270 e. The van der Waals surface area contributed by atoms with Crippen LogP contribution in [0.15, 0.2) is 66.7 Å². The SMILES string of the molecule is COc1ccccc1CNC(=O)c1cccc(C(=O)NCc2cccc(C)c2)n1. The lowest BCUT2D eigenvalue weighted by Gasteiger charge is -2.10. The van der Waals surface area contributed by atoms with E-state index < -0.39 is 0 Å². The summed E-state index contributed by atoms with van der Waals surface area (Å²) in [6.45, 7) is 2.70. The van der Waals surface area contributed by atoms with E-state index in [9.17, 15) is 9.59 Å². The summed E-state index contributed by atoms with van der Waals surface area (Å²) in [4.78, 5) is 29.1. The zero-order chi connectivity index (χ0) is 20.6. The van der Waals surface area contributed by atoms with Crippen LogP contribution in [0.25, 0.3) is 0 Å². The van der Waals surface area contributed by atoms with Crippen molar-refractivity contribution in [1.29, 1.82) is 0 Å². The van der Waals surface area contributed by atoms with Gasteiger partial charge in [0.15, 0.2) is 0 Å². The quantitative estimate of drug-likeness (QED) is 0.650. The molecule has 0 spiro atoms. The Balaban J connectivity index is 1.62. The Morgan fingerprint density at radius 2 is 1.52 bits per heavy atom. The minimum atomic E-state index is -0.357. The lowest BCUT2D eigenvalue weighted by Crippen LogP contribution is -2.27. The highest BCUT2D eigenvalue weighted by Crippen LogP contribution is 2.16. The Kier molecular flexibility index (Phi) is 6.58. The van der Waals surface area contributed by atoms with E-state index in [1.54, 1.807) is 25.3 Å². The Morgan fingerprint density at radius 1 is 0.862 bits per heavy atom. The van der Waals surface area contributed by atoms with Crippen molar-refractivity contribution in [2.24, 2.45) is 0 Å². The summed E-state index contributed by atoms with van der Waals surface area (Å²) >= 11 is 0. The Bertz CT molecular complexity index is 1020. The molecule has 0 aliphatic carbocycles. The van der Waals surface area contributed by atoms with Gasteiger partial charge < -0.3 is 15.4 Å². The summed E-state index contributed by atoms with van der Waals surface area (Å²) in [6.07, 6.45) is 0. The van der Waals surface area contributed by atoms with Crippen LogP contribution < -0.4 is 15.4 Å². The number of aromatic nitrogens is 1. The maximum atomic E-state index is 12.5. The summed E-state index contributed by atoms with van der Waals surface area (Å²) in [5.41, 5.74) is 3.37. The van der Waals surface area contributed by atoms with Crippen molar-refractivity contribution in [2.75, 3.05) is 7.11 Å². The first-order valence-corrected chi connectivity index (χ1v) is 9.27. The second-order valence-electron chi connectivity index (χ2n) is 6.57. The molecule has 2 N–H and O–H groups in total. The molecule has 3 aromatic rings. The third-order valence-electron chi connectivity index (χ3n) is 4.38. The zero-order valence-electron chi connectivity index (χ0n) is 16.4. The van der Waals surface area contributed by atoms with Gasteiger partial charge in [-0.05, 0) is 30.7 Å². The molecule has 0 atom stereocenters. The van der Waals surface area contributed by atoms with Crippen LogP contribution in [-0.4, -0.2) is 23.9 Å². The second-order valence-corrected chi connectivity index (χ2v) is 6.57. The van der Waals surface area contributed by atoms with Gasteiger partial charge in [0.2, 0.25) is 0 Å². The van der Waals surface area contributed by atoms with Crippen LogP contribution in [0.3, 0.4) is 0 Å². The molecule has 0 saturated carbocycles. The standard InChI is InChI=1S/C23H23N3O3/c1-16-7-5-8-17(13-16)14-24-22(27)19-10-6-11-20(26-19)23(28)25-15-18-9-3-4-12-21(18)29-2/h3-13H,14-15H2,1-2H3,(H,24,27)(H,25,28). The molecule has 6 nitrogen and oxygen atoms in total. The van der Waals surface area contributed by atoms with E-state index in [0.29, 0.717) is 18.8 Å². The third kappa shape index (κ3) is 5.42. The van der Waals surface area contributed by atoms with E-state index in [1.165, 1.54) is 0 Å². The molecular weight excluding hydrogens is 366 g/mol. The van der Waals surface area contributed by atoms with Gasteiger partial charge in [-0.15, -0.1) is 0 Å². The van der Waals surface area contributed by atoms with Crippen LogP contribution in [0.2, 0.25) is 0 Å². The van der Waals surface area contributed by atoms with Gasteiger partial charge in [0.25, 0.3) is 11.8 Å². The number of pyridine rings is 1. The summed E-state index contributed by atoms with van der Waals surface area (Å²) in [5, 5.41) is 5.64. The number of carbonyl (C=O) groups is 2. The van der Waals surface area contributed by atoms with Gasteiger partial charge >= 0.3 is 0 Å². The molecule has 1 heterocycles. The minimum Gasteiger partial charge on any atom is -0.496 e. The molecular formula is C23H23N3O3. The molecule has 148 valence electrons. The highest BCUT2D eigenvalue weighted by molar-refractivity contribution is 5.96. The van der Waals surface area contributed by atoms with Gasteiger partial charge in [-0.25, -0.2) is 4.98 Å². The number of hydrogen-bond acceptors (Lipinski definition) is 4. The van der Waals surface area contributed by atoms with Crippen molar-refractivity contribution in [1.82, 2.24) is 15.6 Å². The first kappa shape index (κ1) is 20.1. The van der Waals surface area contributed by atoms with Gasteiger partial charge in [0.05, 0.1) is 7.11 Å². The number of rotatable bonds is 7. The van der Waals surface area contributed by atoms with Crippen LogP contribution in [0.5, 0.6) is 5.75 Å². The lowest BCUT2D eigenvalue weighted by atomic mass is 10.1. The zero-order valence-corrected chi connectivity index (χ0v) is 16.4. The first-order valence-electron chi connectivity index (χ1n) is 9.27. The molecule has 2 amide bonds. The van der Waals surface area contributed by atoms with E-state index in [-0.39, 0.29) is 23.2 Å². The first-order chi connectivity index (χ1) is 14.1. The summed E-state index contributed by atoms with van der Waals surface area (Å²) in [5.74, 6) is 0.0140. The van der Waals surface area contributed by atoms with Crippen molar-refractivity contribution in [2.45, 2.75) is 20.0 Å². The van der Waals surface area contributed by atoms with Gasteiger partial charge in [-0.3, -0.25) is 9.59 Å². The van der Waals surface area contributed by atoms with E-state index in [1.807, 2.05) is 55.5 Å². The van der Waals surface area contributed by atoms with Crippen LogP contribution >= 0.6 is 0 Å². The van der Waals surface area contributed by atoms with Crippen molar-refractivity contribution < 1.29 is 14.3 Å². The molecule has 29 heavy (non-hydrogen) atoms. The fourth-order valence-corrected chi connectivity index (χ4v) is 2.90. The predicted molar refractivity (Wildman–Crippen MR) is 111 cm³/mol. The van der Waals surface area contributed by atoms with Crippen molar-refractivity contribution >= 4 is 11.8 Å². The number of methoxy groups -OCH3 is 1. The number of nitrogens with one attached hydrogen (secondary N) is 2. The highest BCUT2D eigenvalue weighted by Gasteiger charge is 2.13. The van der Waals surface area contributed by atoms with Crippen molar-refractivity contribution in [3.63, 3.8) is 0 Å². The monoisotopic (exact) mass is 389 g/mol. The van der Waals surface area contributed by atoms with Crippen molar-refractivity contribution in [3.8, 4) is 5.75 Å².